The molecule has 1 rings (SSSR count). The molecule has 1 unspecified atom stereocenters. The number of rotatable bonds is 6. The topological polar surface area (TPSA) is 47.3 Å². The molecule has 0 aliphatic rings. The monoisotopic (exact) mass is 222 g/mol. The number of benzene rings is 1. The minimum Gasteiger partial charge on any atom is -0.496 e. The molecule has 0 saturated heterocycles. The van der Waals surface area contributed by atoms with Crippen LogP contribution in [-0.2, 0) is 0 Å². The van der Waals surface area contributed by atoms with Crippen molar-refractivity contribution in [1.82, 2.24) is 5.43 Å². The first kappa shape index (κ1) is 13.0. The van der Waals surface area contributed by atoms with Crippen LogP contribution in [0, 0.1) is 5.92 Å². The molecular weight excluding hydrogens is 200 g/mol. The maximum absolute atomic E-state index is 5.61. The summed E-state index contributed by atoms with van der Waals surface area (Å²) >= 11 is 0. The highest BCUT2D eigenvalue weighted by Gasteiger charge is 2.14. The van der Waals surface area contributed by atoms with Crippen molar-refractivity contribution in [2.24, 2.45) is 11.8 Å². The fourth-order valence-electron chi connectivity index (χ4n) is 1.78. The summed E-state index contributed by atoms with van der Waals surface area (Å²) in [5.74, 6) is 7.19. The van der Waals surface area contributed by atoms with E-state index in [4.69, 9.17) is 10.6 Å². The molecule has 1 aromatic carbocycles. The zero-order valence-corrected chi connectivity index (χ0v) is 10.4. The third-order valence-electron chi connectivity index (χ3n) is 2.75. The first-order valence-corrected chi connectivity index (χ1v) is 5.78. The summed E-state index contributed by atoms with van der Waals surface area (Å²) in [6, 6.07) is 8.17. The average Bonchev–Trinajstić information content (AvgIpc) is 2.30. The minimum absolute atomic E-state index is 0.165. The van der Waals surface area contributed by atoms with Crippen LogP contribution < -0.4 is 16.0 Å². The van der Waals surface area contributed by atoms with E-state index in [0.29, 0.717) is 5.92 Å². The molecule has 3 N–H and O–H groups in total. The summed E-state index contributed by atoms with van der Waals surface area (Å²) < 4.78 is 5.34. The number of hydrogen-bond acceptors (Lipinski definition) is 3. The summed E-state index contributed by atoms with van der Waals surface area (Å²) in [6.45, 7) is 4.44. The highest BCUT2D eigenvalue weighted by molar-refractivity contribution is 5.35. The van der Waals surface area contributed by atoms with Crippen LogP contribution >= 0.6 is 0 Å². The van der Waals surface area contributed by atoms with Crippen molar-refractivity contribution in [1.29, 1.82) is 0 Å². The second kappa shape index (κ2) is 6.51. The number of nitrogens with one attached hydrogen (secondary N) is 1. The lowest BCUT2D eigenvalue weighted by Gasteiger charge is -2.19. The van der Waals surface area contributed by atoms with Gasteiger partial charge >= 0.3 is 0 Å². The third kappa shape index (κ3) is 3.51. The molecule has 0 aromatic heterocycles. The van der Waals surface area contributed by atoms with Crippen molar-refractivity contribution in [3.63, 3.8) is 0 Å². The van der Waals surface area contributed by atoms with Crippen LogP contribution in [0.1, 0.15) is 38.3 Å². The third-order valence-corrected chi connectivity index (χ3v) is 2.75. The van der Waals surface area contributed by atoms with Crippen LogP contribution in [0.25, 0.3) is 0 Å². The van der Waals surface area contributed by atoms with Crippen molar-refractivity contribution in [2.75, 3.05) is 7.11 Å². The molecule has 0 heterocycles. The van der Waals surface area contributed by atoms with E-state index in [0.717, 1.165) is 24.2 Å². The van der Waals surface area contributed by atoms with Gasteiger partial charge < -0.3 is 4.74 Å². The molecule has 16 heavy (non-hydrogen) atoms. The Morgan fingerprint density at radius 1 is 1.25 bits per heavy atom. The maximum atomic E-state index is 5.61. The second-order valence-electron chi connectivity index (χ2n) is 4.43. The maximum Gasteiger partial charge on any atom is 0.123 e. The Morgan fingerprint density at radius 2 is 1.94 bits per heavy atom. The van der Waals surface area contributed by atoms with E-state index in [-0.39, 0.29) is 6.04 Å². The molecule has 0 radical (unpaired) electrons. The zero-order chi connectivity index (χ0) is 12.0. The zero-order valence-electron chi connectivity index (χ0n) is 10.4. The highest BCUT2D eigenvalue weighted by atomic mass is 16.5. The minimum atomic E-state index is 0.165. The van der Waals surface area contributed by atoms with E-state index < -0.39 is 0 Å². The van der Waals surface area contributed by atoms with Gasteiger partial charge in [0.15, 0.2) is 0 Å². The Hall–Kier alpha value is -1.06. The van der Waals surface area contributed by atoms with E-state index in [1.807, 2.05) is 18.2 Å². The SMILES string of the molecule is COc1ccccc1C(CCC(C)C)NN. The smallest absolute Gasteiger partial charge is 0.123 e. The number of para-hydroxylation sites is 1. The number of ether oxygens (including phenoxy) is 1. The van der Waals surface area contributed by atoms with Gasteiger partial charge in [-0.1, -0.05) is 32.0 Å². The molecule has 0 fully saturated rings. The standard InChI is InChI=1S/C13H22N2O/c1-10(2)8-9-12(15-14)11-6-4-5-7-13(11)16-3/h4-7,10,12,15H,8-9,14H2,1-3H3. The molecule has 0 saturated carbocycles. The molecule has 90 valence electrons. The van der Waals surface area contributed by atoms with Gasteiger partial charge in [-0.05, 0) is 24.8 Å². The lowest BCUT2D eigenvalue weighted by atomic mass is 9.97. The molecule has 0 spiro atoms. The van der Waals surface area contributed by atoms with Gasteiger partial charge in [-0.25, -0.2) is 0 Å². The van der Waals surface area contributed by atoms with E-state index in [9.17, 15) is 0 Å². The molecule has 0 aliphatic heterocycles. The van der Waals surface area contributed by atoms with Gasteiger partial charge in [-0.2, -0.15) is 0 Å². The summed E-state index contributed by atoms with van der Waals surface area (Å²) in [5, 5.41) is 0. The normalized spacial score (nSPS) is 12.8. The van der Waals surface area contributed by atoms with Gasteiger partial charge in [0.25, 0.3) is 0 Å². The number of hydrogen-bond donors (Lipinski definition) is 2. The van der Waals surface area contributed by atoms with Gasteiger partial charge in [0.2, 0.25) is 0 Å². The lowest BCUT2D eigenvalue weighted by Crippen LogP contribution is -2.28. The van der Waals surface area contributed by atoms with Gasteiger partial charge in [0.05, 0.1) is 7.11 Å². The molecule has 3 heteroatoms. The number of nitrogens with two attached hydrogens (primary N) is 1. The van der Waals surface area contributed by atoms with Crippen LogP contribution in [0.2, 0.25) is 0 Å². The first-order chi connectivity index (χ1) is 7.69. The lowest BCUT2D eigenvalue weighted by molar-refractivity contribution is 0.388. The highest BCUT2D eigenvalue weighted by Crippen LogP contribution is 2.28. The Balaban J connectivity index is 2.77. The second-order valence-corrected chi connectivity index (χ2v) is 4.43. The first-order valence-electron chi connectivity index (χ1n) is 5.78. The van der Waals surface area contributed by atoms with E-state index >= 15 is 0 Å². The van der Waals surface area contributed by atoms with Gasteiger partial charge in [0, 0.05) is 11.6 Å². The van der Waals surface area contributed by atoms with E-state index in [1.165, 1.54) is 0 Å². The summed E-state index contributed by atoms with van der Waals surface area (Å²) in [4.78, 5) is 0. The molecule has 0 bridgehead atoms. The van der Waals surface area contributed by atoms with E-state index in [2.05, 4.69) is 25.3 Å². The van der Waals surface area contributed by atoms with Crippen LogP contribution in [0.4, 0.5) is 0 Å². The quantitative estimate of drug-likeness (QED) is 0.574. The van der Waals surface area contributed by atoms with Crippen molar-refractivity contribution < 1.29 is 4.74 Å². The Kier molecular flexibility index (Phi) is 5.29. The molecule has 0 aliphatic carbocycles. The fraction of sp³-hybridized carbons (Fsp3) is 0.538. The van der Waals surface area contributed by atoms with Gasteiger partial charge in [0.1, 0.15) is 5.75 Å². The summed E-state index contributed by atoms with van der Waals surface area (Å²) in [6.07, 6.45) is 2.17. The molecule has 0 amide bonds. The Morgan fingerprint density at radius 3 is 2.50 bits per heavy atom. The van der Waals surface area contributed by atoms with E-state index in [1.54, 1.807) is 7.11 Å². The van der Waals surface area contributed by atoms with Crippen LogP contribution in [-0.4, -0.2) is 7.11 Å². The van der Waals surface area contributed by atoms with Crippen LogP contribution in [0.15, 0.2) is 24.3 Å². The van der Waals surface area contributed by atoms with Crippen LogP contribution in [0.5, 0.6) is 5.75 Å². The molecule has 1 aromatic rings. The fourth-order valence-corrected chi connectivity index (χ4v) is 1.78. The molecular formula is C13H22N2O. The van der Waals surface area contributed by atoms with Gasteiger partial charge in [-0.3, -0.25) is 11.3 Å². The summed E-state index contributed by atoms with van der Waals surface area (Å²) in [5.41, 5.74) is 4.00. The van der Waals surface area contributed by atoms with Gasteiger partial charge in [-0.15, -0.1) is 0 Å². The summed E-state index contributed by atoms with van der Waals surface area (Å²) in [7, 11) is 1.69. The number of methoxy groups -OCH3 is 1. The largest absolute Gasteiger partial charge is 0.496 e. The molecule has 3 nitrogen and oxygen atoms in total. The average molecular weight is 222 g/mol. The number of hydrazine groups is 1. The van der Waals surface area contributed by atoms with Crippen molar-refractivity contribution in [2.45, 2.75) is 32.7 Å². The van der Waals surface area contributed by atoms with Crippen molar-refractivity contribution in [3.8, 4) is 5.75 Å². The predicted octanol–water partition coefficient (Wildman–Crippen LogP) is 2.64. The van der Waals surface area contributed by atoms with Crippen molar-refractivity contribution in [3.05, 3.63) is 29.8 Å². The predicted molar refractivity (Wildman–Crippen MR) is 67.1 cm³/mol. The Labute approximate surface area is 98.0 Å². The molecule has 1 atom stereocenters. The van der Waals surface area contributed by atoms with Crippen LogP contribution in [0.3, 0.4) is 0 Å². The van der Waals surface area contributed by atoms with Crippen molar-refractivity contribution >= 4 is 0 Å². The Bertz CT molecular complexity index is 313.